The molecule has 2 nitrogen and oxygen atoms in total. The minimum absolute atomic E-state index is 0.0975. The molecule has 3 atom stereocenters. The fourth-order valence-electron chi connectivity index (χ4n) is 4.09. The van der Waals surface area contributed by atoms with E-state index in [2.05, 4.69) is 31.2 Å². The number of benzene rings is 1. The zero-order valence-corrected chi connectivity index (χ0v) is 12.4. The molecule has 110 valence electrons. The maximum Gasteiger partial charge on any atom is 0.0686 e. The van der Waals surface area contributed by atoms with Crippen molar-refractivity contribution in [3.05, 3.63) is 35.9 Å². The van der Waals surface area contributed by atoms with Gasteiger partial charge in [-0.2, -0.15) is 0 Å². The quantitative estimate of drug-likeness (QED) is 0.906. The van der Waals surface area contributed by atoms with Crippen LogP contribution in [0.4, 0.5) is 0 Å². The normalized spacial score (nSPS) is 28.4. The Kier molecular flexibility index (Phi) is 4.13. The largest absolute Gasteiger partial charge is 0.392 e. The first-order valence-corrected chi connectivity index (χ1v) is 8.07. The van der Waals surface area contributed by atoms with E-state index in [-0.39, 0.29) is 17.6 Å². The molecule has 1 N–H and O–H groups in total. The summed E-state index contributed by atoms with van der Waals surface area (Å²) >= 11 is 0. The second kappa shape index (κ2) is 5.87. The van der Waals surface area contributed by atoms with Crippen molar-refractivity contribution in [2.45, 2.75) is 63.1 Å². The molecule has 1 saturated carbocycles. The molecule has 2 fully saturated rings. The van der Waals surface area contributed by atoms with Gasteiger partial charge in [-0.1, -0.05) is 50.1 Å². The molecule has 0 radical (unpaired) electrons. The fraction of sp³-hybridized carbons (Fsp3) is 0.667. The summed E-state index contributed by atoms with van der Waals surface area (Å²) in [7, 11) is 0. The van der Waals surface area contributed by atoms with Gasteiger partial charge in [-0.25, -0.2) is 0 Å². The highest BCUT2D eigenvalue weighted by molar-refractivity contribution is 5.20. The molecule has 0 aromatic heterocycles. The lowest BCUT2D eigenvalue weighted by Crippen LogP contribution is -2.42. The van der Waals surface area contributed by atoms with Gasteiger partial charge in [0.15, 0.2) is 0 Å². The molecule has 2 heteroatoms. The van der Waals surface area contributed by atoms with E-state index in [0.717, 1.165) is 19.4 Å². The Morgan fingerprint density at radius 3 is 2.60 bits per heavy atom. The molecule has 1 aliphatic carbocycles. The maximum absolute atomic E-state index is 10.8. The van der Waals surface area contributed by atoms with E-state index >= 15 is 0 Å². The van der Waals surface area contributed by atoms with Crippen LogP contribution < -0.4 is 0 Å². The van der Waals surface area contributed by atoms with Crippen molar-refractivity contribution in [3.63, 3.8) is 0 Å². The fourth-order valence-corrected chi connectivity index (χ4v) is 4.09. The highest BCUT2D eigenvalue weighted by Crippen LogP contribution is 2.44. The van der Waals surface area contributed by atoms with Crippen LogP contribution in [0.1, 0.15) is 56.9 Å². The highest BCUT2D eigenvalue weighted by atomic mass is 16.5. The number of aliphatic hydroxyl groups is 1. The minimum atomic E-state index is -0.251. The van der Waals surface area contributed by atoms with E-state index in [0.29, 0.717) is 5.92 Å². The number of hydrogen-bond acceptors (Lipinski definition) is 2. The number of aliphatic hydroxyl groups excluding tert-OH is 1. The molecule has 3 unspecified atom stereocenters. The van der Waals surface area contributed by atoms with Crippen molar-refractivity contribution in [3.8, 4) is 0 Å². The summed E-state index contributed by atoms with van der Waals surface area (Å²) in [6, 6.07) is 10.4. The Balaban J connectivity index is 1.68. The van der Waals surface area contributed by atoms with Crippen LogP contribution in [0.2, 0.25) is 0 Å². The van der Waals surface area contributed by atoms with Gasteiger partial charge >= 0.3 is 0 Å². The van der Waals surface area contributed by atoms with Crippen molar-refractivity contribution in [1.29, 1.82) is 0 Å². The van der Waals surface area contributed by atoms with Gasteiger partial charge in [0.05, 0.1) is 11.7 Å². The zero-order chi connectivity index (χ0) is 14.0. The predicted octanol–water partition coefficient (Wildman–Crippen LogP) is 3.89. The Labute approximate surface area is 122 Å². The molecule has 20 heavy (non-hydrogen) atoms. The Morgan fingerprint density at radius 2 is 1.90 bits per heavy atom. The van der Waals surface area contributed by atoms with Crippen LogP contribution in [-0.4, -0.2) is 23.4 Å². The third kappa shape index (κ3) is 2.77. The van der Waals surface area contributed by atoms with E-state index in [1.54, 1.807) is 0 Å². The lowest BCUT2D eigenvalue weighted by molar-refractivity contribution is -0.115. The van der Waals surface area contributed by atoms with Crippen molar-refractivity contribution < 1.29 is 9.84 Å². The Morgan fingerprint density at radius 1 is 1.20 bits per heavy atom. The van der Waals surface area contributed by atoms with Crippen molar-refractivity contribution >= 4 is 0 Å². The average molecular weight is 274 g/mol. The predicted molar refractivity (Wildman–Crippen MR) is 80.7 cm³/mol. The average Bonchev–Trinajstić information content (AvgIpc) is 2.94. The third-order valence-corrected chi connectivity index (χ3v) is 5.37. The van der Waals surface area contributed by atoms with Crippen molar-refractivity contribution in [2.75, 3.05) is 6.61 Å². The van der Waals surface area contributed by atoms with Gasteiger partial charge in [-0.15, -0.1) is 0 Å². The molecule has 1 aromatic carbocycles. The first-order valence-electron chi connectivity index (χ1n) is 8.07. The number of ether oxygens (including phenoxy) is 1. The maximum atomic E-state index is 10.8. The van der Waals surface area contributed by atoms with Crippen LogP contribution in [0.15, 0.2) is 30.3 Å². The number of hydrogen-bond donors (Lipinski definition) is 1. The van der Waals surface area contributed by atoms with Gasteiger partial charge in [0.1, 0.15) is 0 Å². The van der Waals surface area contributed by atoms with E-state index in [4.69, 9.17) is 4.74 Å². The molecule has 2 aliphatic rings. The second-order valence-electron chi connectivity index (χ2n) is 6.68. The van der Waals surface area contributed by atoms with Gasteiger partial charge in [0, 0.05) is 12.5 Å². The first-order chi connectivity index (χ1) is 9.70. The van der Waals surface area contributed by atoms with Crippen LogP contribution in [-0.2, 0) is 4.74 Å². The lowest BCUT2D eigenvalue weighted by atomic mass is 9.77. The summed E-state index contributed by atoms with van der Waals surface area (Å²) in [6.07, 6.45) is 6.75. The molecule has 0 bridgehead atoms. The minimum Gasteiger partial charge on any atom is -0.392 e. The summed E-state index contributed by atoms with van der Waals surface area (Å²) in [5.41, 5.74) is 1.34. The zero-order valence-electron chi connectivity index (χ0n) is 12.4. The summed E-state index contributed by atoms with van der Waals surface area (Å²) in [4.78, 5) is 0. The van der Waals surface area contributed by atoms with Crippen LogP contribution in [0.3, 0.4) is 0 Å². The molecular formula is C18H26O2. The standard InChI is InChI=1S/C18H26O2/c1-14(15-7-3-2-4-8-15)17(19)16-9-12-20-18(13-16)10-5-6-11-18/h2-4,7-8,14,16-17,19H,5-6,9-13H2,1H3. The molecular weight excluding hydrogens is 248 g/mol. The van der Waals surface area contributed by atoms with Gasteiger partial charge in [-0.3, -0.25) is 0 Å². The van der Waals surface area contributed by atoms with Crippen molar-refractivity contribution in [2.24, 2.45) is 5.92 Å². The molecule has 1 heterocycles. The second-order valence-corrected chi connectivity index (χ2v) is 6.68. The van der Waals surface area contributed by atoms with E-state index in [1.165, 1.54) is 31.2 Å². The molecule has 0 amide bonds. The van der Waals surface area contributed by atoms with Crippen LogP contribution in [0.25, 0.3) is 0 Å². The Hall–Kier alpha value is -0.860. The summed E-state index contributed by atoms with van der Waals surface area (Å²) in [6.45, 7) is 2.97. The van der Waals surface area contributed by atoms with Crippen molar-refractivity contribution in [1.82, 2.24) is 0 Å². The lowest BCUT2D eigenvalue weighted by Gasteiger charge is -2.41. The smallest absolute Gasteiger partial charge is 0.0686 e. The molecule has 1 aromatic rings. The molecule has 1 saturated heterocycles. The van der Waals surface area contributed by atoms with E-state index < -0.39 is 0 Å². The third-order valence-electron chi connectivity index (χ3n) is 5.37. The highest BCUT2D eigenvalue weighted by Gasteiger charge is 2.42. The first kappa shape index (κ1) is 14.1. The SMILES string of the molecule is CC(c1ccccc1)C(O)C1CCOC2(CCCC2)C1. The Bertz CT molecular complexity index is 422. The van der Waals surface area contributed by atoms with Crippen LogP contribution in [0, 0.1) is 5.92 Å². The molecule has 3 rings (SSSR count). The van der Waals surface area contributed by atoms with Crippen LogP contribution >= 0.6 is 0 Å². The van der Waals surface area contributed by atoms with Gasteiger partial charge < -0.3 is 9.84 Å². The van der Waals surface area contributed by atoms with Gasteiger partial charge in [0.2, 0.25) is 0 Å². The monoisotopic (exact) mass is 274 g/mol. The van der Waals surface area contributed by atoms with Gasteiger partial charge in [0.25, 0.3) is 0 Å². The molecule has 1 spiro atoms. The number of rotatable bonds is 3. The summed E-state index contributed by atoms with van der Waals surface area (Å²) in [5.74, 6) is 0.592. The summed E-state index contributed by atoms with van der Waals surface area (Å²) in [5, 5.41) is 10.8. The van der Waals surface area contributed by atoms with E-state index in [1.807, 2.05) is 6.07 Å². The molecule has 1 aliphatic heterocycles. The van der Waals surface area contributed by atoms with Crippen LogP contribution in [0.5, 0.6) is 0 Å². The van der Waals surface area contributed by atoms with Gasteiger partial charge in [-0.05, 0) is 37.2 Å². The summed E-state index contributed by atoms with van der Waals surface area (Å²) < 4.78 is 6.08. The topological polar surface area (TPSA) is 29.5 Å². The van der Waals surface area contributed by atoms with E-state index in [9.17, 15) is 5.11 Å².